The van der Waals surface area contributed by atoms with E-state index in [1.165, 1.54) is 12.1 Å². The van der Waals surface area contributed by atoms with E-state index in [0.717, 1.165) is 0 Å². The fourth-order valence-corrected chi connectivity index (χ4v) is 5.73. The molecule has 33 heavy (non-hydrogen) atoms. The first-order valence-corrected chi connectivity index (χ1v) is 12.3. The third-order valence-corrected chi connectivity index (χ3v) is 7.80. The number of nitrogens with zero attached hydrogens (tertiary/aromatic N) is 4. The summed E-state index contributed by atoms with van der Waals surface area (Å²) < 4.78 is 76.7. The van der Waals surface area contributed by atoms with Crippen molar-refractivity contribution in [2.75, 3.05) is 36.0 Å². The molecule has 3 heterocycles. The van der Waals surface area contributed by atoms with E-state index in [4.69, 9.17) is 0 Å². The van der Waals surface area contributed by atoms with Gasteiger partial charge >= 0.3 is 6.18 Å². The Labute approximate surface area is 188 Å². The van der Waals surface area contributed by atoms with Gasteiger partial charge in [-0.05, 0) is 18.9 Å². The van der Waals surface area contributed by atoms with Crippen LogP contribution in [0, 0.1) is 11.7 Å². The molecular formula is C21H22F4N4O3S. The molecular weight excluding hydrogens is 464 g/mol. The van der Waals surface area contributed by atoms with Gasteiger partial charge in [0, 0.05) is 43.5 Å². The number of anilines is 1. The largest absolute Gasteiger partial charge is 0.419 e. The van der Waals surface area contributed by atoms with E-state index in [0.29, 0.717) is 12.4 Å². The lowest BCUT2D eigenvalue weighted by Gasteiger charge is -2.43. The summed E-state index contributed by atoms with van der Waals surface area (Å²) >= 11 is 0. The number of rotatable bonds is 3. The second kappa shape index (κ2) is 8.88. The molecule has 0 spiro atoms. The molecule has 2 aliphatic heterocycles. The SMILES string of the molecule is O=C(C1CCS(=O)(=O)CC1)N1CCN(c2ncc(C(F)(F)F)cn2)C[C@H]1c1ccccc1F. The van der Waals surface area contributed by atoms with Gasteiger partial charge in [-0.15, -0.1) is 0 Å². The molecule has 2 aromatic rings. The van der Waals surface area contributed by atoms with E-state index in [2.05, 4.69) is 9.97 Å². The first-order valence-electron chi connectivity index (χ1n) is 10.4. The van der Waals surface area contributed by atoms with Gasteiger partial charge in [-0.25, -0.2) is 22.8 Å². The van der Waals surface area contributed by atoms with Crippen molar-refractivity contribution < 1.29 is 30.8 Å². The van der Waals surface area contributed by atoms with Crippen LogP contribution in [0.4, 0.5) is 23.5 Å². The minimum absolute atomic E-state index is 0.0557. The van der Waals surface area contributed by atoms with Gasteiger partial charge in [-0.2, -0.15) is 13.2 Å². The van der Waals surface area contributed by atoms with Crippen LogP contribution >= 0.6 is 0 Å². The minimum atomic E-state index is -4.56. The van der Waals surface area contributed by atoms with Crippen LogP contribution in [-0.2, 0) is 20.8 Å². The lowest BCUT2D eigenvalue weighted by atomic mass is 9.96. The molecule has 1 aromatic heterocycles. The maximum absolute atomic E-state index is 14.7. The quantitative estimate of drug-likeness (QED) is 0.621. The van der Waals surface area contributed by atoms with Gasteiger partial charge < -0.3 is 9.80 Å². The van der Waals surface area contributed by atoms with Crippen molar-refractivity contribution in [1.29, 1.82) is 0 Å². The summed E-state index contributed by atoms with van der Waals surface area (Å²) in [5.74, 6) is -1.30. The van der Waals surface area contributed by atoms with Crippen molar-refractivity contribution in [3.05, 3.63) is 53.6 Å². The highest BCUT2D eigenvalue weighted by atomic mass is 32.2. The zero-order valence-electron chi connectivity index (χ0n) is 17.5. The molecule has 4 rings (SSSR count). The molecule has 2 saturated heterocycles. The lowest BCUT2D eigenvalue weighted by molar-refractivity contribution is -0.139. The maximum atomic E-state index is 14.7. The van der Waals surface area contributed by atoms with E-state index in [9.17, 15) is 30.8 Å². The van der Waals surface area contributed by atoms with Crippen molar-refractivity contribution in [3.63, 3.8) is 0 Å². The van der Waals surface area contributed by atoms with Crippen LogP contribution in [0.5, 0.6) is 0 Å². The lowest BCUT2D eigenvalue weighted by Crippen LogP contribution is -2.53. The Morgan fingerprint density at radius 1 is 1.03 bits per heavy atom. The average molecular weight is 486 g/mol. The number of hydrogen-bond acceptors (Lipinski definition) is 6. The predicted molar refractivity (Wildman–Crippen MR) is 111 cm³/mol. The van der Waals surface area contributed by atoms with Gasteiger partial charge in [0.1, 0.15) is 15.7 Å². The molecule has 1 aromatic carbocycles. The summed E-state index contributed by atoms with van der Waals surface area (Å²) in [4.78, 5) is 24.1. The van der Waals surface area contributed by atoms with E-state index in [1.54, 1.807) is 21.9 Å². The number of alkyl halides is 3. The van der Waals surface area contributed by atoms with Crippen LogP contribution in [0.25, 0.3) is 0 Å². The van der Waals surface area contributed by atoms with Gasteiger partial charge in [0.2, 0.25) is 11.9 Å². The van der Waals surface area contributed by atoms with E-state index in [-0.39, 0.29) is 61.4 Å². The number of amides is 1. The normalized spacial score (nSPS) is 21.8. The third kappa shape index (κ3) is 5.10. The summed E-state index contributed by atoms with van der Waals surface area (Å²) in [6.45, 7) is 0.502. The number of sulfone groups is 1. The number of benzene rings is 1. The fourth-order valence-electron chi connectivity index (χ4n) is 4.24. The van der Waals surface area contributed by atoms with Crippen LogP contribution in [0.2, 0.25) is 0 Å². The number of hydrogen-bond donors (Lipinski definition) is 0. The second-order valence-electron chi connectivity index (χ2n) is 8.21. The summed E-state index contributed by atoms with van der Waals surface area (Å²) in [6, 6.07) is 5.27. The number of halogens is 4. The Kier molecular flexibility index (Phi) is 6.30. The molecule has 7 nitrogen and oxygen atoms in total. The van der Waals surface area contributed by atoms with Crippen molar-refractivity contribution >= 4 is 21.7 Å². The Morgan fingerprint density at radius 3 is 2.27 bits per heavy atom. The van der Waals surface area contributed by atoms with Gasteiger partial charge in [0.05, 0.1) is 23.1 Å². The van der Waals surface area contributed by atoms with Gasteiger partial charge in [-0.1, -0.05) is 18.2 Å². The van der Waals surface area contributed by atoms with Gasteiger partial charge in [0.15, 0.2) is 0 Å². The second-order valence-corrected chi connectivity index (χ2v) is 10.5. The van der Waals surface area contributed by atoms with Crippen molar-refractivity contribution in [3.8, 4) is 0 Å². The summed E-state index contributed by atoms with van der Waals surface area (Å²) in [5, 5.41) is 0. The van der Waals surface area contributed by atoms with Crippen LogP contribution in [-0.4, -0.2) is 60.3 Å². The van der Waals surface area contributed by atoms with E-state index < -0.39 is 39.4 Å². The zero-order valence-corrected chi connectivity index (χ0v) is 18.3. The molecule has 2 fully saturated rings. The predicted octanol–water partition coefficient (Wildman–Crippen LogP) is 2.85. The fraction of sp³-hybridized carbons (Fsp3) is 0.476. The number of carbonyl (C=O) groups excluding carboxylic acids is 1. The number of piperazine rings is 1. The Bertz CT molecular complexity index is 1110. The summed E-state index contributed by atoms with van der Waals surface area (Å²) in [5.41, 5.74) is -0.705. The van der Waals surface area contributed by atoms with Gasteiger partial charge in [-0.3, -0.25) is 4.79 Å². The molecule has 0 N–H and O–H groups in total. The standard InChI is InChI=1S/C21H22F4N4O3S/c22-17-4-2-1-3-16(17)18-13-28(20-26-11-15(12-27-20)21(23,24)25)7-8-29(18)19(30)14-5-9-33(31,32)10-6-14/h1-4,11-12,14,18H,5-10,13H2/t18-/m0/s1. The molecule has 0 aliphatic carbocycles. The van der Waals surface area contributed by atoms with Crippen LogP contribution < -0.4 is 4.90 Å². The molecule has 12 heteroatoms. The van der Waals surface area contributed by atoms with Crippen LogP contribution in [0.15, 0.2) is 36.7 Å². The average Bonchev–Trinajstić information content (AvgIpc) is 2.78. The monoisotopic (exact) mass is 486 g/mol. The summed E-state index contributed by atoms with van der Waals surface area (Å²) in [6.07, 6.45) is -2.74. The minimum Gasteiger partial charge on any atom is -0.337 e. The molecule has 0 bridgehead atoms. The molecule has 2 aliphatic rings. The molecule has 1 amide bonds. The maximum Gasteiger partial charge on any atom is 0.419 e. The third-order valence-electron chi connectivity index (χ3n) is 6.08. The highest BCUT2D eigenvalue weighted by Gasteiger charge is 2.39. The first kappa shape index (κ1) is 23.4. The smallest absolute Gasteiger partial charge is 0.337 e. The van der Waals surface area contributed by atoms with Crippen molar-refractivity contribution in [1.82, 2.24) is 14.9 Å². The van der Waals surface area contributed by atoms with E-state index in [1.807, 2.05) is 0 Å². The number of carbonyl (C=O) groups is 1. The van der Waals surface area contributed by atoms with Crippen molar-refractivity contribution in [2.45, 2.75) is 25.1 Å². The topological polar surface area (TPSA) is 83.5 Å². The molecule has 178 valence electrons. The highest BCUT2D eigenvalue weighted by molar-refractivity contribution is 7.91. The zero-order chi connectivity index (χ0) is 23.8. The first-order chi connectivity index (χ1) is 15.5. The molecule has 0 saturated carbocycles. The van der Waals surface area contributed by atoms with Crippen LogP contribution in [0.3, 0.4) is 0 Å². The molecule has 0 unspecified atom stereocenters. The van der Waals surface area contributed by atoms with E-state index >= 15 is 0 Å². The van der Waals surface area contributed by atoms with Gasteiger partial charge in [0.25, 0.3) is 0 Å². The molecule has 0 radical (unpaired) electrons. The van der Waals surface area contributed by atoms with Crippen LogP contribution in [0.1, 0.15) is 30.0 Å². The van der Waals surface area contributed by atoms with Crippen molar-refractivity contribution in [2.24, 2.45) is 5.92 Å². The summed E-state index contributed by atoms with van der Waals surface area (Å²) in [7, 11) is -3.15. The Balaban J connectivity index is 1.59. The highest BCUT2D eigenvalue weighted by Crippen LogP contribution is 2.33. The Morgan fingerprint density at radius 2 is 1.67 bits per heavy atom. The molecule has 1 atom stereocenters. The number of aromatic nitrogens is 2. The Hall–Kier alpha value is -2.76.